The van der Waals surface area contributed by atoms with Gasteiger partial charge in [-0.1, -0.05) is 0 Å². The Hall–Kier alpha value is 0.192. The van der Waals surface area contributed by atoms with Gasteiger partial charge in [0.15, 0.2) is 17.4 Å². The van der Waals surface area contributed by atoms with E-state index in [1.165, 1.54) is 0 Å². The SMILES string of the molecule is O=[N+]([O-])O.O=[N+]([O-])O.[AlH3].[CaH2]. The van der Waals surface area contributed by atoms with Crippen molar-refractivity contribution in [2.24, 2.45) is 0 Å². The molecule has 8 nitrogen and oxygen atoms in total. The van der Waals surface area contributed by atoms with Crippen molar-refractivity contribution < 1.29 is 20.6 Å². The monoisotopic (exact) mass is 198 g/mol. The van der Waals surface area contributed by atoms with E-state index in [9.17, 15) is 0 Å². The van der Waals surface area contributed by atoms with Gasteiger partial charge in [-0.15, -0.1) is 20.2 Å². The molecule has 58 valence electrons. The van der Waals surface area contributed by atoms with Crippen LogP contribution in [0.15, 0.2) is 0 Å². The van der Waals surface area contributed by atoms with Crippen LogP contribution in [0.25, 0.3) is 0 Å². The molecule has 10 heavy (non-hydrogen) atoms. The average Bonchev–Trinajstić information content (AvgIpc) is 1.25. The van der Waals surface area contributed by atoms with E-state index >= 15 is 0 Å². The predicted molar refractivity (Wildman–Crippen MR) is 36.0 cm³/mol. The van der Waals surface area contributed by atoms with Crippen molar-refractivity contribution >= 4 is 55.1 Å². The molecular formula is H7AlCaN2O6. The van der Waals surface area contributed by atoms with Crippen LogP contribution in [-0.4, -0.2) is 75.7 Å². The second kappa shape index (κ2) is 16.1. The summed E-state index contributed by atoms with van der Waals surface area (Å²) in [6, 6.07) is 0. The fraction of sp³-hybridized carbons (Fsp3) is 0. The van der Waals surface area contributed by atoms with Crippen molar-refractivity contribution in [3.8, 4) is 0 Å². The molecular weight excluding hydrogens is 191 g/mol. The summed E-state index contributed by atoms with van der Waals surface area (Å²) >= 11 is 0. The van der Waals surface area contributed by atoms with Gasteiger partial charge in [-0.25, -0.2) is 0 Å². The van der Waals surface area contributed by atoms with Gasteiger partial charge < -0.3 is 10.4 Å². The molecule has 0 heterocycles. The van der Waals surface area contributed by atoms with Crippen molar-refractivity contribution in [1.29, 1.82) is 0 Å². The Bertz CT molecular complexity index is 73.7. The molecule has 0 fully saturated rings. The van der Waals surface area contributed by atoms with Gasteiger partial charge in [0.05, 0.1) is 0 Å². The van der Waals surface area contributed by atoms with Crippen LogP contribution in [0.1, 0.15) is 0 Å². The Labute approximate surface area is 95.2 Å². The van der Waals surface area contributed by atoms with E-state index in [-0.39, 0.29) is 55.1 Å². The summed E-state index contributed by atoms with van der Waals surface area (Å²) in [7, 11) is 0. The van der Waals surface area contributed by atoms with E-state index in [4.69, 9.17) is 30.6 Å². The van der Waals surface area contributed by atoms with E-state index in [2.05, 4.69) is 0 Å². The molecule has 0 bridgehead atoms. The molecule has 0 saturated carbocycles. The average molecular weight is 198 g/mol. The molecule has 0 aliphatic carbocycles. The molecule has 0 aromatic rings. The van der Waals surface area contributed by atoms with Gasteiger partial charge in [0.25, 0.3) is 10.2 Å². The number of rotatable bonds is 0. The quantitative estimate of drug-likeness (QED) is 0.246. The van der Waals surface area contributed by atoms with E-state index in [0.29, 0.717) is 0 Å². The van der Waals surface area contributed by atoms with Crippen LogP contribution in [0.3, 0.4) is 0 Å². The van der Waals surface area contributed by atoms with Crippen molar-refractivity contribution in [3.05, 3.63) is 20.2 Å². The van der Waals surface area contributed by atoms with E-state index in [0.717, 1.165) is 0 Å². The van der Waals surface area contributed by atoms with Crippen LogP contribution in [0, 0.1) is 20.2 Å². The summed E-state index contributed by atoms with van der Waals surface area (Å²) in [6.45, 7) is 0. The molecule has 0 amide bonds. The summed E-state index contributed by atoms with van der Waals surface area (Å²) in [4.78, 5) is 16.7. The molecule has 0 spiro atoms. The van der Waals surface area contributed by atoms with E-state index in [1.807, 2.05) is 0 Å². The molecule has 0 aliphatic rings. The van der Waals surface area contributed by atoms with Crippen molar-refractivity contribution in [1.82, 2.24) is 0 Å². The van der Waals surface area contributed by atoms with Crippen LogP contribution in [0.2, 0.25) is 0 Å². The minimum atomic E-state index is -1.50. The van der Waals surface area contributed by atoms with Gasteiger partial charge >= 0.3 is 37.7 Å². The first kappa shape index (κ1) is 22.5. The van der Waals surface area contributed by atoms with Gasteiger partial charge in [-0.2, -0.15) is 0 Å². The third-order valence-electron chi connectivity index (χ3n) is 0. The third-order valence-corrected chi connectivity index (χ3v) is 0. The van der Waals surface area contributed by atoms with Crippen molar-refractivity contribution in [2.45, 2.75) is 0 Å². The maximum atomic E-state index is 8.36. The van der Waals surface area contributed by atoms with Crippen LogP contribution >= 0.6 is 0 Å². The Morgan fingerprint density at radius 1 is 1.00 bits per heavy atom. The first-order valence-electron chi connectivity index (χ1n) is 1.13. The van der Waals surface area contributed by atoms with Gasteiger partial charge in [-0.05, 0) is 0 Å². The number of nitrogens with zero attached hydrogens (tertiary/aromatic N) is 2. The summed E-state index contributed by atoms with van der Waals surface area (Å²) in [5, 5.41) is 27.3. The van der Waals surface area contributed by atoms with Crippen LogP contribution in [-0.2, 0) is 0 Å². The zero-order valence-corrected chi connectivity index (χ0v) is 3.42. The molecule has 0 atom stereocenters. The molecule has 10 heteroatoms. The molecule has 0 unspecified atom stereocenters. The van der Waals surface area contributed by atoms with Crippen LogP contribution < -0.4 is 0 Å². The standard InChI is InChI=1S/Al.Ca.2HNO3.5H/c;;2*2-1(3)4;;;;;/h;;2*(H,2,3,4);;;;;. The zero-order chi connectivity index (χ0) is 7.15. The minimum absolute atomic E-state index is 0. The van der Waals surface area contributed by atoms with Gasteiger partial charge in [0.1, 0.15) is 0 Å². The summed E-state index contributed by atoms with van der Waals surface area (Å²) in [5.74, 6) is 0. The maximum absolute atomic E-state index is 8.36. The second-order valence-corrected chi connectivity index (χ2v) is 0.476. The Morgan fingerprint density at radius 2 is 1.00 bits per heavy atom. The van der Waals surface area contributed by atoms with Crippen molar-refractivity contribution in [2.75, 3.05) is 0 Å². The fourth-order valence-corrected chi connectivity index (χ4v) is 0. The molecule has 0 aliphatic heterocycles. The molecule has 0 radical (unpaired) electrons. The molecule has 0 saturated heterocycles. The Balaban J connectivity index is -0.0000000300. The zero-order valence-electron chi connectivity index (χ0n) is 3.42. The number of hydrogen-bond acceptors (Lipinski definition) is 4. The van der Waals surface area contributed by atoms with Gasteiger partial charge in [-0.3, -0.25) is 0 Å². The Kier molecular flexibility index (Phi) is 36.1. The predicted octanol–water partition coefficient (Wildman–Crippen LogP) is -2.80. The number of hydrogen-bond donors (Lipinski definition) is 2. The van der Waals surface area contributed by atoms with Gasteiger partial charge in [0.2, 0.25) is 0 Å². The third kappa shape index (κ3) is 11500. The topological polar surface area (TPSA) is 127 Å². The first-order chi connectivity index (χ1) is 3.46. The molecule has 2 N–H and O–H groups in total. The van der Waals surface area contributed by atoms with Crippen LogP contribution in [0.5, 0.6) is 0 Å². The van der Waals surface area contributed by atoms with E-state index in [1.54, 1.807) is 0 Å². The van der Waals surface area contributed by atoms with E-state index < -0.39 is 10.2 Å². The van der Waals surface area contributed by atoms with Crippen LogP contribution in [0.4, 0.5) is 0 Å². The normalized spacial score (nSPS) is 4.80. The Morgan fingerprint density at radius 3 is 1.00 bits per heavy atom. The first-order valence-corrected chi connectivity index (χ1v) is 1.13. The summed E-state index contributed by atoms with van der Waals surface area (Å²) in [5.41, 5.74) is 0. The summed E-state index contributed by atoms with van der Waals surface area (Å²) in [6.07, 6.45) is 0. The molecule has 0 aromatic carbocycles. The summed E-state index contributed by atoms with van der Waals surface area (Å²) < 4.78 is 0. The molecule has 0 aromatic heterocycles. The fourth-order valence-electron chi connectivity index (χ4n) is 0. The van der Waals surface area contributed by atoms with Gasteiger partial charge in [0, 0.05) is 0 Å². The van der Waals surface area contributed by atoms with Crippen molar-refractivity contribution in [3.63, 3.8) is 0 Å². The molecule has 0 rings (SSSR count). The second-order valence-electron chi connectivity index (χ2n) is 0.476.